The monoisotopic (exact) mass is 255 g/mol. The first-order valence-electron chi connectivity index (χ1n) is 7.02. The molecule has 0 aromatic heterocycles. The SMILES string of the molecule is CCN(CCC(=O)O)C(=O)CC1CCCC(C)C1. The number of hydrogen-bond acceptors (Lipinski definition) is 2. The predicted octanol–water partition coefficient (Wildman–Crippen LogP) is 2.53. The fourth-order valence-corrected chi connectivity index (χ4v) is 2.81. The van der Waals surface area contributed by atoms with Gasteiger partial charge >= 0.3 is 5.97 Å². The zero-order valence-corrected chi connectivity index (χ0v) is 11.5. The zero-order valence-electron chi connectivity index (χ0n) is 11.5. The van der Waals surface area contributed by atoms with Crippen molar-refractivity contribution in [2.45, 2.75) is 52.4 Å². The number of rotatable bonds is 6. The molecule has 1 fully saturated rings. The van der Waals surface area contributed by atoms with Crippen molar-refractivity contribution < 1.29 is 14.7 Å². The molecule has 18 heavy (non-hydrogen) atoms. The van der Waals surface area contributed by atoms with Gasteiger partial charge in [-0.1, -0.05) is 19.8 Å². The minimum Gasteiger partial charge on any atom is -0.481 e. The van der Waals surface area contributed by atoms with Crippen molar-refractivity contribution in [2.24, 2.45) is 11.8 Å². The highest BCUT2D eigenvalue weighted by Gasteiger charge is 2.23. The molecule has 2 atom stereocenters. The molecule has 0 aromatic carbocycles. The fraction of sp³-hybridized carbons (Fsp3) is 0.857. The van der Waals surface area contributed by atoms with Gasteiger partial charge in [-0.25, -0.2) is 0 Å². The Morgan fingerprint density at radius 1 is 1.33 bits per heavy atom. The third-order valence-corrected chi connectivity index (χ3v) is 3.84. The Bertz CT molecular complexity index is 291. The van der Waals surface area contributed by atoms with Crippen molar-refractivity contribution >= 4 is 11.9 Å². The minimum atomic E-state index is -0.840. The summed E-state index contributed by atoms with van der Waals surface area (Å²) in [5, 5.41) is 8.66. The molecule has 1 aliphatic rings. The smallest absolute Gasteiger partial charge is 0.305 e. The highest BCUT2D eigenvalue weighted by molar-refractivity contribution is 5.77. The zero-order chi connectivity index (χ0) is 13.5. The first kappa shape index (κ1) is 15.0. The first-order valence-corrected chi connectivity index (χ1v) is 7.02. The van der Waals surface area contributed by atoms with Crippen LogP contribution in [-0.2, 0) is 9.59 Å². The summed E-state index contributed by atoms with van der Waals surface area (Å²) < 4.78 is 0. The Hall–Kier alpha value is -1.06. The van der Waals surface area contributed by atoms with E-state index in [1.54, 1.807) is 4.90 Å². The lowest BCUT2D eigenvalue weighted by Gasteiger charge is -2.28. The quantitative estimate of drug-likeness (QED) is 0.793. The minimum absolute atomic E-state index is 0.0423. The molecule has 0 saturated heterocycles. The average molecular weight is 255 g/mol. The van der Waals surface area contributed by atoms with Gasteiger partial charge in [-0.3, -0.25) is 9.59 Å². The lowest BCUT2D eigenvalue weighted by molar-refractivity contribution is -0.138. The van der Waals surface area contributed by atoms with Crippen LogP contribution in [0.4, 0.5) is 0 Å². The topological polar surface area (TPSA) is 57.6 Å². The average Bonchev–Trinajstić information content (AvgIpc) is 2.29. The number of carbonyl (C=O) groups excluding carboxylic acids is 1. The van der Waals surface area contributed by atoms with Crippen molar-refractivity contribution in [3.05, 3.63) is 0 Å². The summed E-state index contributed by atoms with van der Waals surface area (Å²) in [7, 11) is 0. The van der Waals surface area contributed by atoms with Crippen LogP contribution in [0.3, 0.4) is 0 Å². The third kappa shape index (κ3) is 5.07. The van der Waals surface area contributed by atoms with E-state index in [9.17, 15) is 9.59 Å². The van der Waals surface area contributed by atoms with Crippen molar-refractivity contribution in [1.29, 1.82) is 0 Å². The van der Waals surface area contributed by atoms with Crippen molar-refractivity contribution in [3.63, 3.8) is 0 Å². The van der Waals surface area contributed by atoms with Gasteiger partial charge in [0.2, 0.25) is 5.91 Å². The molecule has 0 aliphatic heterocycles. The largest absolute Gasteiger partial charge is 0.481 e. The van der Waals surface area contributed by atoms with Gasteiger partial charge in [0.15, 0.2) is 0 Å². The Labute approximate surface area is 109 Å². The number of amides is 1. The molecule has 1 aliphatic carbocycles. The number of carboxylic acid groups (broad SMARTS) is 1. The van der Waals surface area contributed by atoms with Gasteiger partial charge in [-0.2, -0.15) is 0 Å². The van der Waals surface area contributed by atoms with E-state index in [4.69, 9.17) is 5.11 Å². The van der Waals surface area contributed by atoms with Crippen LogP contribution in [0.25, 0.3) is 0 Å². The van der Waals surface area contributed by atoms with Gasteiger partial charge in [0.1, 0.15) is 0 Å². The molecule has 0 radical (unpaired) electrons. The second-order valence-corrected chi connectivity index (χ2v) is 5.46. The van der Waals surface area contributed by atoms with E-state index < -0.39 is 5.97 Å². The number of carboxylic acids is 1. The molecule has 0 aromatic rings. The Morgan fingerprint density at radius 2 is 2.06 bits per heavy atom. The molecular weight excluding hydrogens is 230 g/mol. The molecule has 104 valence electrons. The highest BCUT2D eigenvalue weighted by Crippen LogP contribution is 2.31. The highest BCUT2D eigenvalue weighted by atomic mass is 16.4. The van der Waals surface area contributed by atoms with Gasteiger partial charge in [-0.05, 0) is 31.6 Å². The summed E-state index contributed by atoms with van der Waals surface area (Å²) in [5.41, 5.74) is 0. The molecule has 1 rings (SSSR count). The maximum Gasteiger partial charge on any atom is 0.305 e. The normalized spacial score (nSPS) is 23.7. The molecular formula is C14H25NO3. The van der Waals surface area contributed by atoms with Crippen LogP contribution in [0.15, 0.2) is 0 Å². The number of carbonyl (C=O) groups is 2. The maximum absolute atomic E-state index is 12.1. The Kier molecular flexibility index (Phi) is 6.16. The maximum atomic E-state index is 12.1. The molecule has 0 bridgehead atoms. The summed E-state index contributed by atoms with van der Waals surface area (Å²) >= 11 is 0. The predicted molar refractivity (Wildman–Crippen MR) is 70.2 cm³/mol. The Morgan fingerprint density at radius 3 is 2.61 bits per heavy atom. The van der Waals surface area contributed by atoms with Crippen LogP contribution in [0, 0.1) is 11.8 Å². The van der Waals surface area contributed by atoms with E-state index in [1.807, 2.05) is 6.92 Å². The van der Waals surface area contributed by atoms with E-state index in [-0.39, 0.29) is 12.3 Å². The van der Waals surface area contributed by atoms with Gasteiger partial charge in [-0.15, -0.1) is 0 Å². The molecule has 0 heterocycles. The van der Waals surface area contributed by atoms with Gasteiger partial charge < -0.3 is 10.0 Å². The van der Waals surface area contributed by atoms with Crippen LogP contribution < -0.4 is 0 Å². The number of aliphatic carboxylic acids is 1. The standard InChI is InChI=1S/C14H25NO3/c1-3-15(8-7-14(17)18)13(16)10-12-6-4-5-11(2)9-12/h11-12H,3-10H2,1-2H3,(H,17,18). The second-order valence-electron chi connectivity index (χ2n) is 5.46. The van der Waals surface area contributed by atoms with Crippen LogP contribution >= 0.6 is 0 Å². The van der Waals surface area contributed by atoms with E-state index in [0.29, 0.717) is 25.4 Å². The lowest BCUT2D eigenvalue weighted by Crippen LogP contribution is -2.34. The van der Waals surface area contributed by atoms with Crippen LogP contribution in [0.1, 0.15) is 52.4 Å². The van der Waals surface area contributed by atoms with E-state index >= 15 is 0 Å². The summed E-state index contributed by atoms with van der Waals surface area (Å²) in [6.07, 6.45) is 5.43. The lowest BCUT2D eigenvalue weighted by atomic mass is 9.80. The first-order chi connectivity index (χ1) is 8.52. The van der Waals surface area contributed by atoms with Gasteiger partial charge in [0, 0.05) is 19.5 Å². The summed E-state index contributed by atoms with van der Waals surface area (Å²) in [6.45, 7) is 5.10. The van der Waals surface area contributed by atoms with Gasteiger partial charge in [0.25, 0.3) is 0 Å². The Balaban J connectivity index is 2.38. The third-order valence-electron chi connectivity index (χ3n) is 3.84. The van der Waals surface area contributed by atoms with Crippen molar-refractivity contribution in [1.82, 2.24) is 4.90 Å². The molecule has 0 spiro atoms. The number of nitrogens with zero attached hydrogens (tertiary/aromatic N) is 1. The van der Waals surface area contributed by atoms with E-state index in [1.165, 1.54) is 12.8 Å². The molecule has 1 N–H and O–H groups in total. The van der Waals surface area contributed by atoms with Crippen LogP contribution in [-0.4, -0.2) is 35.0 Å². The molecule has 1 amide bonds. The second kappa shape index (κ2) is 7.39. The van der Waals surface area contributed by atoms with E-state index in [0.717, 1.165) is 18.8 Å². The molecule has 2 unspecified atom stereocenters. The summed E-state index contributed by atoms with van der Waals surface area (Å²) in [4.78, 5) is 24.3. The summed E-state index contributed by atoms with van der Waals surface area (Å²) in [5.74, 6) is 0.510. The number of hydrogen-bond donors (Lipinski definition) is 1. The van der Waals surface area contributed by atoms with Crippen molar-refractivity contribution in [3.8, 4) is 0 Å². The van der Waals surface area contributed by atoms with Crippen LogP contribution in [0.5, 0.6) is 0 Å². The fourth-order valence-electron chi connectivity index (χ4n) is 2.81. The van der Waals surface area contributed by atoms with Crippen LogP contribution in [0.2, 0.25) is 0 Å². The van der Waals surface area contributed by atoms with Gasteiger partial charge in [0.05, 0.1) is 6.42 Å². The van der Waals surface area contributed by atoms with Crippen molar-refractivity contribution in [2.75, 3.05) is 13.1 Å². The summed E-state index contributed by atoms with van der Waals surface area (Å²) in [6, 6.07) is 0. The molecule has 4 nitrogen and oxygen atoms in total. The molecule has 4 heteroatoms. The van der Waals surface area contributed by atoms with E-state index in [2.05, 4.69) is 6.92 Å². The molecule has 1 saturated carbocycles.